The number of amides is 1. The van der Waals surface area contributed by atoms with Gasteiger partial charge in [-0.05, 0) is 28.7 Å². The third kappa shape index (κ3) is 4.91. The van der Waals surface area contributed by atoms with Crippen molar-refractivity contribution in [3.05, 3.63) is 19.9 Å². The average molecular weight is 360 g/mol. The zero-order valence-corrected chi connectivity index (χ0v) is 11.4. The molecule has 3 N–H and O–H groups in total. The third-order valence-corrected chi connectivity index (χ3v) is 4.06. The summed E-state index contributed by atoms with van der Waals surface area (Å²) >= 11 is 3.56. The van der Waals surface area contributed by atoms with Gasteiger partial charge in [0.1, 0.15) is 0 Å². The zero-order valence-electron chi connectivity index (χ0n) is 7.57. The highest BCUT2D eigenvalue weighted by Gasteiger charge is 2.08. The van der Waals surface area contributed by atoms with Crippen molar-refractivity contribution in [1.29, 1.82) is 0 Å². The Hall–Kier alpha value is -0.190. The summed E-state index contributed by atoms with van der Waals surface area (Å²) in [6.07, 6.45) is 0. The molecule has 0 aliphatic heterocycles. The number of nitrogens with one attached hydrogen (secondary N) is 1. The van der Waals surface area contributed by atoms with Crippen molar-refractivity contribution in [2.24, 2.45) is 5.14 Å². The Balaban J connectivity index is 2.44. The molecule has 0 bridgehead atoms. The van der Waals surface area contributed by atoms with Gasteiger partial charge in [0.25, 0.3) is 5.91 Å². The molecule has 5 nitrogen and oxygen atoms in total. The van der Waals surface area contributed by atoms with Crippen molar-refractivity contribution in [3.63, 3.8) is 0 Å². The fourth-order valence-corrected chi connectivity index (χ4v) is 2.55. The second-order valence-corrected chi connectivity index (χ2v) is 7.30. The predicted octanol–water partition coefficient (Wildman–Crippen LogP) is 0.371. The van der Waals surface area contributed by atoms with Gasteiger partial charge in [0, 0.05) is 11.9 Å². The summed E-state index contributed by atoms with van der Waals surface area (Å²) in [4.78, 5) is 11.4. The maximum absolute atomic E-state index is 11.4. The van der Waals surface area contributed by atoms with E-state index in [2.05, 4.69) is 27.9 Å². The number of hydrogen-bond acceptors (Lipinski definition) is 4. The minimum Gasteiger partial charge on any atom is -0.351 e. The Morgan fingerprint density at radius 2 is 2.27 bits per heavy atom. The molecule has 1 aromatic heterocycles. The monoisotopic (exact) mass is 360 g/mol. The van der Waals surface area contributed by atoms with Gasteiger partial charge in [0.15, 0.2) is 0 Å². The minimum atomic E-state index is -3.51. The molecule has 15 heavy (non-hydrogen) atoms. The number of carbonyl (C=O) groups is 1. The van der Waals surface area contributed by atoms with Crippen molar-refractivity contribution in [2.75, 3.05) is 12.3 Å². The van der Waals surface area contributed by atoms with E-state index >= 15 is 0 Å². The molecule has 1 heterocycles. The third-order valence-electron chi connectivity index (χ3n) is 1.50. The van der Waals surface area contributed by atoms with Gasteiger partial charge in [0.2, 0.25) is 10.0 Å². The van der Waals surface area contributed by atoms with Gasteiger partial charge >= 0.3 is 0 Å². The van der Waals surface area contributed by atoms with E-state index in [-0.39, 0.29) is 18.2 Å². The van der Waals surface area contributed by atoms with Gasteiger partial charge in [0.05, 0.1) is 14.2 Å². The number of halogens is 1. The first-order chi connectivity index (χ1) is 6.88. The fraction of sp³-hybridized carbons (Fsp3) is 0.286. The van der Waals surface area contributed by atoms with Crippen LogP contribution in [0.15, 0.2) is 11.4 Å². The first-order valence-corrected chi connectivity index (χ1v) is 7.58. The van der Waals surface area contributed by atoms with Crippen LogP contribution in [0.4, 0.5) is 0 Å². The molecule has 0 spiro atoms. The minimum absolute atomic E-state index is 0.0318. The van der Waals surface area contributed by atoms with Crippen molar-refractivity contribution < 1.29 is 13.2 Å². The number of carbonyl (C=O) groups excluding carboxylic acids is 1. The standard InChI is InChI=1S/C7H9IN2O3S2/c8-6-3-5(4-14-6)7(11)10-1-2-15(9,12)13/h3-4H,1-2H2,(H,10,11)(H2,9,12,13). The summed E-state index contributed by atoms with van der Waals surface area (Å²) in [7, 11) is -3.51. The van der Waals surface area contributed by atoms with Gasteiger partial charge in [-0.3, -0.25) is 4.79 Å². The van der Waals surface area contributed by atoms with Crippen LogP contribution in [0.25, 0.3) is 0 Å². The molecule has 0 aliphatic carbocycles. The van der Waals surface area contributed by atoms with Gasteiger partial charge in [-0.1, -0.05) is 0 Å². The lowest BCUT2D eigenvalue weighted by molar-refractivity contribution is 0.0956. The number of hydrogen-bond donors (Lipinski definition) is 2. The lowest BCUT2D eigenvalue weighted by atomic mass is 10.3. The number of primary sulfonamides is 1. The lowest BCUT2D eigenvalue weighted by Crippen LogP contribution is -2.31. The first kappa shape index (κ1) is 12.9. The van der Waals surface area contributed by atoms with E-state index in [0.717, 1.165) is 2.88 Å². The topological polar surface area (TPSA) is 89.3 Å². The van der Waals surface area contributed by atoms with Crippen LogP contribution in [0.1, 0.15) is 10.4 Å². The molecule has 0 unspecified atom stereocenters. The molecule has 0 atom stereocenters. The van der Waals surface area contributed by atoms with Crippen LogP contribution in [0.2, 0.25) is 0 Å². The van der Waals surface area contributed by atoms with E-state index < -0.39 is 10.0 Å². The normalized spacial score (nSPS) is 11.3. The molecule has 8 heteroatoms. The predicted molar refractivity (Wildman–Crippen MR) is 67.3 cm³/mol. The maximum atomic E-state index is 11.4. The smallest absolute Gasteiger partial charge is 0.252 e. The van der Waals surface area contributed by atoms with E-state index in [1.807, 2.05) is 0 Å². The summed E-state index contributed by atoms with van der Waals surface area (Å²) in [5.41, 5.74) is 0.541. The van der Waals surface area contributed by atoms with Crippen LogP contribution in [-0.4, -0.2) is 26.6 Å². The number of nitrogens with two attached hydrogens (primary N) is 1. The van der Waals surface area contributed by atoms with Gasteiger partial charge in [-0.2, -0.15) is 0 Å². The Morgan fingerprint density at radius 1 is 1.60 bits per heavy atom. The average Bonchev–Trinajstić information content (AvgIpc) is 2.49. The second kappa shape index (κ2) is 5.23. The molecular formula is C7H9IN2O3S2. The summed E-state index contributed by atoms with van der Waals surface area (Å²) < 4.78 is 22.2. The van der Waals surface area contributed by atoms with Crippen molar-refractivity contribution in [3.8, 4) is 0 Å². The van der Waals surface area contributed by atoms with Gasteiger partial charge in [-0.25, -0.2) is 13.6 Å². The highest BCUT2D eigenvalue weighted by Crippen LogP contribution is 2.16. The molecule has 0 aliphatic rings. The molecule has 0 fully saturated rings. The largest absolute Gasteiger partial charge is 0.351 e. The lowest BCUT2D eigenvalue weighted by Gasteiger charge is -2.01. The molecular weight excluding hydrogens is 351 g/mol. The van der Waals surface area contributed by atoms with E-state index in [9.17, 15) is 13.2 Å². The van der Waals surface area contributed by atoms with Crippen LogP contribution in [0.5, 0.6) is 0 Å². The summed E-state index contributed by atoms with van der Waals surface area (Å²) in [5.74, 6) is -0.530. The van der Waals surface area contributed by atoms with Crippen molar-refractivity contribution >= 4 is 49.9 Å². The Kier molecular flexibility index (Phi) is 4.49. The van der Waals surface area contributed by atoms with E-state index in [1.165, 1.54) is 11.3 Å². The van der Waals surface area contributed by atoms with Crippen molar-refractivity contribution in [1.82, 2.24) is 5.32 Å². The summed E-state index contributed by atoms with van der Waals surface area (Å²) in [5, 5.41) is 8.98. The summed E-state index contributed by atoms with van der Waals surface area (Å²) in [6.45, 7) is 0.0318. The fourth-order valence-electron chi connectivity index (χ4n) is 0.838. The highest BCUT2D eigenvalue weighted by atomic mass is 127. The molecule has 1 rings (SSSR count). The maximum Gasteiger partial charge on any atom is 0.252 e. The van der Waals surface area contributed by atoms with E-state index in [4.69, 9.17) is 5.14 Å². The van der Waals surface area contributed by atoms with Crippen LogP contribution in [0, 0.1) is 2.88 Å². The quantitative estimate of drug-likeness (QED) is 0.761. The highest BCUT2D eigenvalue weighted by molar-refractivity contribution is 14.1. The van der Waals surface area contributed by atoms with Crippen LogP contribution >= 0.6 is 33.9 Å². The molecule has 0 aromatic carbocycles. The first-order valence-electron chi connectivity index (χ1n) is 3.91. The molecule has 0 saturated heterocycles. The van der Waals surface area contributed by atoms with Crippen molar-refractivity contribution in [2.45, 2.75) is 0 Å². The number of thiophene rings is 1. The number of rotatable bonds is 4. The molecule has 0 radical (unpaired) electrons. The second-order valence-electron chi connectivity index (χ2n) is 2.76. The van der Waals surface area contributed by atoms with Crippen LogP contribution in [0.3, 0.4) is 0 Å². The van der Waals surface area contributed by atoms with Crippen LogP contribution < -0.4 is 10.5 Å². The molecule has 1 amide bonds. The van der Waals surface area contributed by atoms with Crippen LogP contribution in [-0.2, 0) is 10.0 Å². The number of sulfonamides is 1. The Morgan fingerprint density at radius 3 is 2.73 bits per heavy atom. The van der Waals surface area contributed by atoms with Gasteiger partial charge in [-0.15, -0.1) is 11.3 Å². The van der Waals surface area contributed by atoms with E-state index in [1.54, 1.807) is 11.4 Å². The van der Waals surface area contributed by atoms with Gasteiger partial charge < -0.3 is 5.32 Å². The SMILES string of the molecule is NS(=O)(=O)CCNC(=O)c1csc(I)c1. The molecule has 0 saturated carbocycles. The zero-order chi connectivity index (χ0) is 11.5. The molecule has 1 aromatic rings. The summed E-state index contributed by atoms with van der Waals surface area (Å²) in [6, 6.07) is 1.73. The Bertz CT molecular complexity index is 455. The van der Waals surface area contributed by atoms with E-state index in [0.29, 0.717) is 5.56 Å². The molecule has 84 valence electrons. The Labute approximate surface area is 105 Å².